The van der Waals surface area contributed by atoms with Crippen LogP contribution in [0.4, 0.5) is 0 Å². The summed E-state index contributed by atoms with van der Waals surface area (Å²) in [5.74, 6) is 0.292. The number of nitrogens with one attached hydrogen (secondary N) is 1. The number of nitrogens with zero attached hydrogens (tertiary/aromatic N) is 3. The lowest BCUT2D eigenvalue weighted by atomic mass is 10.2. The molecule has 0 atom stereocenters. The van der Waals surface area contributed by atoms with E-state index in [0.29, 0.717) is 43.1 Å². The largest absolute Gasteiger partial charge is 0.497 e. The molecule has 4 aromatic rings. The van der Waals surface area contributed by atoms with Gasteiger partial charge in [-0.3, -0.25) is 14.2 Å². The summed E-state index contributed by atoms with van der Waals surface area (Å²) in [5, 5.41) is 5.74. The molecule has 0 fully saturated rings. The minimum atomic E-state index is -0.366. The number of hydrogen-bond donors (Lipinski definition) is 1. The van der Waals surface area contributed by atoms with E-state index in [2.05, 4.69) is 15.5 Å². The van der Waals surface area contributed by atoms with Crippen molar-refractivity contribution in [2.75, 3.05) is 12.9 Å². The number of ether oxygens (including phenoxy) is 1. The van der Waals surface area contributed by atoms with Gasteiger partial charge in [0.1, 0.15) is 5.75 Å². The number of halogens is 2. The van der Waals surface area contributed by atoms with Gasteiger partial charge in [0.2, 0.25) is 0 Å². The molecule has 0 saturated heterocycles. The topological polar surface area (TPSA) is 85.6 Å². The van der Waals surface area contributed by atoms with Crippen LogP contribution in [-0.2, 0) is 4.79 Å². The Hall–Kier alpha value is -3.33. The smallest absolute Gasteiger partial charge is 0.266 e. The van der Waals surface area contributed by atoms with Crippen molar-refractivity contribution in [2.45, 2.75) is 5.16 Å². The molecular weight excluding hydrogens is 495 g/mol. The predicted molar refractivity (Wildman–Crippen MR) is 137 cm³/mol. The number of benzene rings is 3. The van der Waals surface area contributed by atoms with Gasteiger partial charge in [-0.15, -0.1) is 0 Å². The van der Waals surface area contributed by atoms with Gasteiger partial charge in [0.15, 0.2) is 5.16 Å². The van der Waals surface area contributed by atoms with E-state index >= 15 is 0 Å². The molecule has 1 amide bonds. The van der Waals surface area contributed by atoms with Crippen molar-refractivity contribution in [1.29, 1.82) is 0 Å². The molecule has 0 spiro atoms. The third-order valence-electron chi connectivity index (χ3n) is 4.76. The van der Waals surface area contributed by atoms with Crippen LogP contribution in [-0.4, -0.2) is 34.5 Å². The van der Waals surface area contributed by atoms with Crippen molar-refractivity contribution in [3.63, 3.8) is 0 Å². The summed E-state index contributed by atoms with van der Waals surface area (Å²) in [6, 6.07) is 19.1. The fourth-order valence-corrected chi connectivity index (χ4v) is 4.37. The molecule has 172 valence electrons. The van der Waals surface area contributed by atoms with Gasteiger partial charge in [-0.2, -0.15) is 5.10 Å². The number of aromatic nitrogens is 2. The fraction of sp³-hybridized carbons (Fsp3) is 0.0833. The minimum absolute atomic E-state index is 0.00732. The van der Waals surface area contributed by atoms with Gasteiger partial charge in [-0.1, -0.05) is 53.2 Å². The molecule has 0 saturated carbocycles. The predicted octanol–water partition coefficient (Wildman–Crippen LogP) is 4.94. The lowest BCUT2D eigenvalue weighted by Gasteiger charge is -2.13. The number of para-hydroxylation sites is 1. The highest BCUT2D eigenvalue weighted by Gasteiger charge is 2.15. The Morgan fingerprint density at radius 3 is 2.65 bits per heavy atom. The molecule has 0 aliphatic rings. The van der Waals surface area contributed by atoms with Gasteiger partial charge in [-0.05, 0) is 48.5 Å². The summed E-state index contributed by atoms with van der Waals surface area (Å²) < 4.78 is 6.69. The SMILES string of the molecule is COc1ccc(-n2c(SCC(=O)N/N=C\c3ccc(Cl)cc3Cl)nc3ccccc3c2=O)cc1. The van der Waals surface area contributed by atoms with Crippen molar-refractivity contribution in [3.05, 3.63) is 92.7 Å². The molecule has 0 unspecified atom stereocenters. The van der Waals surface area contributed by atoms with Crippen molar-refractivity contribution < 1.29 is 9.53 Å². The molecule has 3 aromatic carbocycles. The van der Waals surface area contributed by atoms with Crippen LogP contribution in [0.1, 0.15) is 5.56 Å². The van der Waals surface area contributed by atoms with Crippen LogP contribution >= 0.6 is 35.0 Å². The van der Waals surface area contributed by atoms with Gasteiger partial charge < -0.3 is 4.74 Å². The first-order valence-electron chi connectivity index (χ1n) is 10.0. The summed E-state index contributed by atoms with van der Waals surface area (Å²) in [6.07, 6.45) is 1.43. The van der Waals surface area contributed by atoms with Crippen molar-refractivity contribution in [3.8, 4) is 11.4 Å². The molecule has 0 aliphatic heterocycles. The molecule has 1 N–H and O–H groups in total. The first-order valence-corrected chi connectivity index (χ1v) is 11.8. The quantitative estimate of drug-likeness (QED) is 0.164. The molecule has 34 heavy (non-hydrogen) atoms. The van der Waals surface area contributed by atoms with Gasteiger partial charge in [0.25, 0.3) is 11.5 Å². The van der Waals surface area contributed by atoms with E-state index in [1.54, 1.807) is 67.8 Å². The summed E-state index contributed by atoms with van der Waals surface area (Å²) in [4.78, 5) is 30.3. The van der Waals surface area contributed by atoms with E-state index in [1.165, 1.54) is 10.8 Å². The van der Waals surface area contributed by atoms with Crippen LogP contribution in [0.5, 0.6) is 5.75 Å². The van der Waals surface area contributed by atoms with Gasteiger partial charge in [0.05, 0.1) is 40.7 Å². The number of amides is 1. The van der Waals surface area contributed by atoms with E-state index in [9.17, 15) is 9.59 Å². The summed E-state index contributed by atoms with van der Waals surface area (Å²) in [5.41, 5.74) is 4.01. The van der Waals surface area contributed by atoms with Crippen molar-refractivity contribution >= 4 is 58.0 Å². The number of hydrazone groups is 1. The second-order valence-electron chi connectivity index (χ2n) is 7.00. The van der Waals surface area contributed by atoms with Crippen LogP contribution in [0.25, 0.3) is 16.6 Å². The summed E-state index contributed by atoms with van der Waals surface area (Å²) in [6.45, 7) is 0. The van der Waals surface area contributed by atoms with E-state index < -0.39 is 0 Å². The third-order valence-corrected chi connectivity index (χ3v) is 6.26. The number of methoxy groups -OCH3 is 1. The average molecular weight is 513 g/mol. The highest BCUT2D eigenvalue weighted by Crippen LogP contribution is 2.23. The maximum Gasteiger partial charge on any atom is 0.266 e. The van der Waals surface area contributed by atoms with Crippen LogP contribution in [0.3, 0.4) is 0 Å². The standard InChI is InChI=1S/C24H18Cl2N4O3S/c1-33-18-10-8-17(9-11-18)30-23(32)19-4-2-3-5-21(19)28-24(30)34-14-22(31)29-27-13-15-6-7-16(25)12-20(15)26/h2-13H,14H2,1H3,(H,29,31)/b27-13-. The molecule has 1 heterocycles. The Morgan fingerprint density at radius 1 is 1.15 bits per heavy atom. The molecule has 0 bridgehead atoms. The number of carbonyl (C=O) groups excluding carboxylic acids is 1. The molecule has 0 aliphatic carbocycles. The lowest BCUT2D eigenvalue weighted by molar-refractivity contribution is -0.118. The van der Waals surface area contributed by atoms with E-state index in [1.807, 2.05) is 6.07 Å². The van der Waals surface area contributed by atoms with Crippen molar-refractivity contribution in [1.82, 2.24) is 15.0 Å². The zero-order chi connectivity index (χ0) is 24.1. The van der Waals surface area contributed by atoms with E-state index in [-0.39, 0.29) is 17.2 Å². The second-order valence-corrected chi connectivity index (χ2v) is 8.78. The molecule has 7 nitrogen and oxygen atoms in total. The lowest BCUT2D eigenvalue weighted by Crippen LogP contribution is -2.24. The molecule has 10 heteroatoms. The maximum absolute atomic E-state index is 13.3. The Morgan fingerprint density at radius 2 is 1.91 bits per heavy atom. The zero-order valence-electron chi connectivity index (χ0n) is 17.9. The Labute approximate surface area is 209 Å². The zero-order valence-corrected chi connectivity index (χ0v) is 20.2. The highest BCUT2D eigenvalue weighted by atomic mass is 35.5. The van der Waals surface area contributed by atoms with Crippen LogP contribution in [0.15, 0.2) is 81.8 Å². The normalized spacial score (nSPS) is 11.1. The third kappa shape index (κ3) is 5.41. The monoisotopic (exact) mass is 512 g/mol. The average Bonchev–Trinajstić information content (AvgIpc) is 2.84. The Kier molecular flexibility index (Phi) is 7.52. The number of fused-ring (bicyclic) bond motifs is 1. The summed E-state index contributed by atoms with van der Waals surface area (Å²) >= 11 is 13.1. The first kappa shape index (κ1) is 23.8. The van der Waals surface area contributed by atoms with E-state index in [0.717, 1.165) is 11.8 Å². The van der Waals surface area contributed by atoms with Crippen molar-refractivity contribution in [2.24, 2.45) is 5.10 Å². The van der Waals surface area contributed by atoms with Crippen LogP contribution in [0.2, 0.25) is 10.0 Å². The Bertz CT molecular complexity index is 1440. The molecular formula is C24H18Cl2N4O3S. The first-order chi connectivity index (χ1) is 16.5. The highest BCUT2D eigenvalue weighted by molar-refractivity contribution is 7.99. The van der Waals surface area contributed by atoms with Gasteiger partial charge >= 0.3 is 0 Å². The minimum Gasteiger partial charge on any atom is -0.497 e. The van der Waals surface area contributed by atoms with Crippen LogP contribution < -0.4 is 15.7 Å². The number of carbonyl (C=O) groups is 1. The van der Waals surface area contributed by atoms with E-state index in [4.69, 9.17) is 27.9 Å². The van der Waals surface area contributed by atoms with Gasteiger partial charge in [0, 0.05) is 10.6 Å². The number of hydrogen-bond acceptors (Lipinski definition) is 6. The number of rotatable bonds is 7. The maximum atomic E-state index is 13.3. The molecule has 0 radical (unpaired) electrons. The van der Waals surface area contributed by atoms with Crippen LogP contribution in [0, 0.1) is 0 Å². The second kappa shape index (κ2) is 10.7. The number of thioether (sulfide) groups is 1. The molecule has 1 aromatic heterocycles. The Balaban J connectivity index is 1.56. The molecule has 4 rings (SSSR count). The fourth-order valence-electron chi connectivity index (χ4n) is 3.11. The van der Waals surface area contributed by atoms with Gasteiger partial charge in [-0.25, -0.2) is 10.4 Å². The summed E-state index contributed by atoms with van der Waals surface area (Å²) in [7, 11) is 1.57.